The summed E-state index contributed by atoms with van der Waals surface area (Å²) in [6.45, 7) is 11.6. The van der Waals surface area contributed by atoms with Gasteiger partial charge in [-0.3, -0.25) is 0 Å². The van der Waals surface area contributed by atoms with Crippen LogP contribution < -0.4 is 0 Å². The quantitative estimate of drug-likeness (QED) is 0.342. The highest BCUT2D eigenvalue weighted by atomic mass is 32.2. The second-order valence-electron chi connectivity index (χ2n) is 12.1. The number of aryl methyl sites for hydroxylation is 1. The van der Waals surface area contributed by atoms with Crippen LogP contribution in [0.4, 0.5) is 4.79 Å². The van der Waals surface area contributed by atoms with Gasteiger partial charge in [-0.2, -0.15) is 4.31 Å². The maximum atomic E-state index is 13.7. The van der Waals surface area contributed by atoms with E-state index in [-0.39, 0.29) is 12.1 Å². The molecule has 5 rings (SSSR count). The number of hydrogen-bond donors (Lipinski definition) is 0. The summed E-state index contributed by atoms with van der Waals surface area (Å²) in [5, 5.41) is 1.09. The molecule has 0 saturated carbocycles. The Morgan fingerprint density at radius 1 is 1.03 bits per heavy atom. The van der Waals surface area contributed by atoms with Crippen molar-refractivity contribution in [3.63, 3.8) is 0 Å². The number of ether oxygens (including phenoxy) is 1. The zero-order chi connectivity index (χ0) is 27.9. The first-order valence-electron chi connectivity index (χ1n) is 13.9. The summed E-state index contributed by atoms with van der Waals surface area (Å²) in [7, 11) is -3.63. The van der Waals surface area contributed by atoms with Crippen molar-refractivity contribution in [1.29, 1.82) is 0 Å². The van der Waals surface area contributed by atoms with E-state index in [9.17, 15) is 13.2 Å². The molecule has 2 saturated heterocycles. The van der Waals surface area contributed by atoms with Crippen LogP contribution in [-0.2, 0) is 14.8 Å². The van der Waals surface area contributed by atoms with Crippen molar-refractivity contribution in [2.45, 2.75) is 82.8 Å². The smallest absolute Gasteiger partial charge is 0.410 e. The fourth-order valence-electron chi connectivity index (χ4n) is 5.54. The van der Waals surface area contributed by atoms with Gasteiger partial charge in [0.1, 0.15) is 5.60 Å². The van der Waals surface area contributed by atoms with Crippen molar-refractivity contribution < 1.29 is 17.9 Å². The molecule has 2 aliphatic heterocycles. The Balaban J connectivity index is 1.35. The number of benzene rings is 2. The van der Waals surface area contributed by atoms with Crippen LogP contribution >= 0.6 is 11.3 Å². The van der Waals surface area contributed by atoms with Crippen molar-refractivity contribution >= 4 is 37.7 Å². The van der Waals surface area contributed by atoms with Crippen LogP contribution in [0.3, 0.4) is 0 Å². The normalized spacial score (nSPS) is 21.8. The Labute approximate surface area is 236 Å². The lowest BCUT2D eigenvalue weighted by molar-refractivity contribution is 0.0205. The number of amides is 1. The van der Waals surface area contributed by atoms with E-state index in [0.717, 1.165) is 52.0 Å². The average molecular weight is 570 g/mol. The van der Waals surface area contributed by atoms with Gasteiger partial charge in [-0.25, -0.2) is 18.2 Å². The molecule has 2 fully saturated rings. The lowest BCUT2D eigenvalue weighted by atomic mass is 9.92. The van der Waals surface area contributed by atoms with Gasteiger partial charge < -0.3 is 9.64 Å². The Morgan fingerprint density at radius 3 is 2.38 bits per heavy atom. The molecule has 3 heterocycles. The first-order valence-corrected chi connectivity index (χ1v) is 16.1. The van der Waals surface area contributed by atoms with Crippen molar-refractivity contribution in [3.8, 4) is 0 Å². The lowest BCUT2D eigenvalue weighted by Crippen LogP contribution is -2.41. The summed E-state index contributed by atoms with van der Waals surface area (Å²) in [6.07, 6.45) is 3.24. The molecule has 2 unspecified atom stereocenters. The Morgan fingerprint density at radius 2 is 1.72 bits per heavy atom. The summed E-state index contributed by atoms with van der Waals surface area (Å²) < 4.78 is 35.8. The number of carbonyl (C=O) groups excluding carboxylic acids is 1. The third-order valence-electron chi connectivity index (χ3n) is 7.71. The van der Waals surface area contributed by atoms with Gasteiger partial charge in [-0.15, -0.1) is 11.3 Å². The number of thiazole rings is 1. The molecule has 1 amide bonds. The molecule has 0 aliphatic carbocycles. The van der Waals surface area contributed by atoms with Gasteiger partial charge >= 0.3 is 6.09 Å². The molecule has 2 aromatic carbocycles. The minimum Gasteiger partial charge on any atom is -0.444 e. The summed E-state index contributed by atoms with van der Waals surface area (Å²) in [6, 6.07) is 13.2. The maximum absolute atomic E-state index is 13.7. The molecule has 0 radical (unpaired) electrons. The first-order chi connectivity index (χ1) is 18.4. The van der Waals surface area contributed by atoms with Gasteiger partial charge in [-0.05, 0) is 89.1 Å². The van der Waals surface area contributed by atoms with E-state index >= 15 is 0 Å². The Bertz CT molecular complexity index is 1440. The van der Waals surface area contributed by atoms with E-state index in [2.05, 4.69) is 25.1 Å². The van der Waals surface area contributed by atoms with Crippen LogP contribution in [0.25, 0.3) is 10.2 Å². The zero-order valence-corrected chi connectivity index (χ0v) is 25.1. The highest BCUT2D eigenvalue weighted by Crippen LogP contribution is 2.40. The van der Waals surface area contributed by atoms with Gasteiger partial charge in [0.2, 0.25) is 10.0 Å². The number of sulfonamides is 1. The van der Waals surface area contributed by atoms with Crippen molar-refractivity contribution in [2.24, 2.45) is 5.92 Å². The average Bonchev–Trinajstić information content (AvgIpc) is 3.31. The lowest BCUT2D eigenvalue weighted by Gasteiger charge is -2.38. The van der Waals surface area contributed by atoms with E-state index in [0.29, 0.717) is 36.4 Å². The number of nitrogens with zero attached hydrogens (tertiary/aromatic N) is 3. The van der Waals surface area contributed by atoms with Crippen LogP contribution in [0.2, 0.25) is 0 Å². The van der Waals surface area contributed by atoms with E-state index in [4.69, 9.17) is 9.72 Å². The summed E-state index contributed by atoms with van der Waals surface area (Å²) >= 11 is 1.71. The van der Waals surface area contributed by atoms with Gasteiger partial charge in [0.05, 0.1) is 26.2 Å². The van der Waals surface area contributed by atoms with Crippen LogP contribution in [0, 0.1) is 12.8 Å². The molecule has 2 aliphatic rings. The second kappa shape index (κ2) is 10.8. The Hall–Kier alpha value is -2.49. The minimum absolute atomic E-state index is 0.209. The fourth-order valence-corrected chi connectivity index (χ4v) is 8.42. The van der Waals surface area contributed by atoms with E-state index < -0.39 is 15.6 Å². The molecular weight excluding hydrogens is 530 g/mol. The van der Waals surface area contributed by atoms with Crippen LogP contribution in [0.1, 0.15) is 81.5 Å². The first kappa shape index (κ1) is 28.1. The van der Waals surface area contributed by atoms with Gasteiger partial charge in [0.15, 0.2) is 0 Å². The van der Waals surface area contributed by atoms with Crippen LogP contribution in [-0.4, -0.2) is 53.9 Å². The third kappa shape index (κ3) is 6.15. The predicted octanol–water partition coefficient (Wildman–Crippen LogP) is 6.88. The maximum Gasteiger partial charge on any atom is 0.410 e. The van der Waals surface area contributed by atoms with Crippen LogP contribution in [0.15, 0.2) is 47.4 Å². The molecule has 9 heteroatoms. The standard InChI is InChI=1S/C30H39N3O4S2/c1-20-6-10-24(11-7-20)39(35,36)33-19-21(2)8-12-26(33)23-9-13-27-25(18-23)31-28(38-27)22-14-16-32(17-15-22)29(34)37-30(3,4)5/h6-7,9-11,13,18,21-22,26H,8,12,14-17,19H2,1-5H3. The molecular formula is C30H39N3O4S2. The molecule has 3 aromatic rings. The fraction of sp³-hybridized carbons (Fsp3) is 0.533. The molecule has 0 N–H and O–H groups in total. The number of aromatic nitrogens is 1. The van der Waals surface area contributed by atoms with E-state index in [1.165, 1.54) is 0 Å². The summed E-state index contributed by atoms with van der Waals surface area (Å²) in [5.41, 5.74) is 2.47. The number of hydrogen-bond acceptors (Lipinski definition) is 6. The van der Waals surface area contributed by atoms with Gasteiger partial charge in [0.25, 0.3) is 0 Å². The molecule has 0 spiro atoms. The number of likely N-dealkylation sites (tertiary alicyclic amines) is 1. The van der Waals surface area contributed by atoms with Crippen molar-refractivity contribution in [2.75, 3.05) is 19.6 Å². The van der Waals surface area contributed by atoms with Gasteiger partial charge in [0, 0.05) is 25.6 Å². The largest absolute Gasteiger partial charge is 0.444 e. The van der Waals surface area contributed by atoms with Crippen molar-refractivity contribution in [3.05, 3.63) is 58.6 Å². The molecule has 2 atom stereocenters. The summed E-state index contributed by atoms with van der Waals surface area (Å²) in [5.74, 6) is 0.612. The molecule has 210 valence electrons. The van der Waals surface area contributed by atoms with Crippen LogP contribution in [0.5, 0.6) is 0 Å². The number of rotatable bonds is 4. The van der Waals surface area contributed by atoms with Gasteiger partial charge in [-0.1, -0.05) is 30.7 Å². The van der Waals surface area contributed by atoms with Crippen molar-refractivity contribution in [1.82, 2.24) is 14.2 Å². The summed E-state index contributed by atoms with van der Waals surface area (Å²) in [4.78, 5) is 19.6. The molecule has 0 bridgehead atoms. The third-order valence-corrected chi connectivity index (χ3v) is 10.8. The Kier molecular flexibility index (Phi) is 7.79. The monoisotopic (exact) mass is 569 g/mol. The molecule has 7 nitrogen and oxygen atoms in total. The highest BCUT2D eigenvalue weighted by molar-refractivity contribution is 7.89. The predicted molar refractivity (Wildman–Crippen MR) is 156 cm³/mol. The SMILES string of the molecule is Cc1ccc(S(=O)(=O)N2CC(C)CCC2c2ccc3sc(C4CCN(C(=O)OC(C)(C)C)CC4)nc3c2)cc1. The molecule has 39 heavy (non-hydrogen) atoms. The molecule has 1 aromatic heterocycles. The number of piperidine rings is 2. The second-order valence-corrected chi connectivity index (χ2v) is 15.1. The number of carbonyl (C=O) groups is 1. The van der Waals surface area contributed by atoms with E-state index in [1.807, 2.05) is 39.8 Å². The van der Waals surface area contributed by atoms with E-state index in [1.54, 1.807) is 32.7 Å². The number of fused-ring (bicyclic) bond motifs is 1. The topological polar surface area (TPSA) is 79.8 Å². The highest BCUT2D eigenvalue weighted by Gasteiger charge is 2.37. The minimum atomic E-state index is -3.63. The zero-order valence-electron chi connectivity index (χ0n) is 23.5.